The number of rotatable bonds is 7. The highest BCUT2D eigenvalue weighted by atomic mass is 16.5. The first-order valence-electron chi connectivity index (χ1n) is 12.2. The molecule has 1 amide bonds. The van der Waals surface area contributed by atoms with Crippen molar-refractivity contribution in [1.82, 2.24) is 29.1 Å². The lowest BCUT2D eigenvalue weighted by Crippen LogP contribution is -2.08. The van der Waals surface area contributed by atoms with Crippen molar-refractivity contribution in [3.63, 3.8) is 0 Å². The van der Waals surface area contributed by atoms with Crippen LogP contribution < -0.4 is 15.4 Å². The molecule has 0 atom stereocenters. The normalized spacial score (nSPS) is 11.3. The quantitative estimate of drug-likeness (QED) is 0.269. The Hall–Kier alpha value is -5.51. The van der Waals surface area contributed by atoms with Crippen molar-refractivity contribution in [3.05, 3.63) is 103 Å². The number of ether oxygens (including phenoxy) is 1. The van der Waals surface area contributed by atoms with Crippen LogP contribution in [0.25, 0.3) is 22.6 Å². The molecule has 2 N–H and O–H groups in total. The van der Waals surface area contributed by atoms with Gasteiger partial charge in [-0.2, -0.15) is 5.10 Å². The highest BCUT2D eigenvalue weighted by Crippen LogP contribution is 2.30. The molecule has 39 heavy (non-hydrogen) atoms. The molecule has 0 bridgehead atoms. The number of hydrogen-bond acceptors (Lipinski definition) is 7. The van der Waals surface area contributed by atoms with Crippen LogP contribution in [0, 0.1) is 6.92 Å². The minimum absolute atomic E-state index is 0.227. The summed E-state index contributed by atoms with van der Waals surface area (Å²) >= 11 is 0. The van der Waals surface area contributed by atoms with Crippen molar-refractivity contribution in [2.45, 2.75) is 6.92 Å². The van der Waals surface area contributed by atoms with Gasteiger partial charge in [-0.05, 0) is 67.1 Å². The Morgan fingerprint density at radius 2 is 1.92 bits per heavy atom. The minimum atomic E-state index is -0.227. The number of amides is 1. The van der Waals surface area contributed by atoms with Crippen LogP contribution in [0.4, 0.5) is 17.2 Å². The summed E-state index contributed by atoms with van der Waals surface area (Å²) < 4.78 is 9.64. The third kappa shape index (κ3) is 5.16. The molecule has 0 saturated carbocycles. The summed E-state index contributed by atoms with van der Waals surface area (Å²) in [6.45, 7) is 1.97. The molecule has 0 unspecified atom stereocenters. The van der Waals surface area contributed by atoms with E-state index in [1.807, 2.05) is 79.3 Å². The predicted octanol–water partition coefficient (Wildman–Crippen LogP) is 5.51. The average molecular weight is 517 g/mol. The van der Waals surface area contributed by atoms with Gasteiger partial charge in [-0.15, -0.1) is 0 Å². The fourth-order valence-electron chi connectivity index (χ4n) is 4.18. The Balaban J connectivity index is 1.19. The number of aromatic nitrogens is 6. The molecule has 10 heteroatoms. The van der Waals surface area contributed by atoms with Crippen LogP contribution in [0.5, 0.6) is 11.5 Å². The topological polar surface area (TPSA) is 111 Å². The van der Waals surface area contributed by atoms with Gasteiger partial charge in [0.15, 0.2) is 11.4 Å². The molecule has 6 aromatic rings. The Morgan fingerprint density at radius 3 is 2.77 bits per heavy atom. The van der Waals surface area contributed by atoms with Gasteiger partial charge >= 0.3 is 0 Å². The fraction of sp³-hybridized carbons (Fsp3) is 0.0690. The Bertz CT molecular complexity index is 1850. The van der Waals surface area contributed by atoms with Crippen molar-refractivity contribution in [1.29, 1.82) is 0 Å². The standard InChI is InChI=1S/C29H24N8O2/c1-19-14-20(6-9-26(19)39-23-16-30-27-11-12-33-37(27)17-23)35-29-24-15-21(5-8-25(24)31-18-32-29)34-28(38)10-7-22-4-3-13-36(22)2/h3-18H,1-2H3,(H,34,38)(H,31,32,35)/b10-7+. The summed E-state index contributed by atoms with van der Waals surface area (Å²) in [4.78, 5) is 25.7. The second-order valence-corrected chi connectivity index (χ2v) is 8.95. The van der Waals surface area contributed by atoms with Gasteiger partial charge in [0.1, 0.15) is 17.9 Å². The molecule has 0 aliphatic carbocycles. The first-order valence-corrected chi connectivity index (χ1v) is 12.2. The second-order valence-electron chi connectivity index (χ2n) is 8.95. The second kappa shape index (κ2) is 10.1. The van der Waals surface area contributed by atoms with Crippen molar-refractivity contribution in [2.75, 3.05) is 10.6 Å². The first kappa shape index (κ1) is 23.9. The molecule has 0 spiro atoms. The molecule has 0 saturated heterocycles. The maximum atomic E-state index is 12.5. The zero-order valence-corrected chi connectivity index (χ0v) is 21.2. The average Bonchev–Trinajstić information content (AvgIpc) is 3.57. The van der Waals surface area contributed by atoms with Crippen molar-refractivity contribution < 1.29 is 9.53 Å². The maximum absolute atomic E-state index is 12.5. The van der Waals surface area contributed by atoms with E-state index in [2.05, 4.69) is 30.7 Å². The number of hydrogen-bond donors (Lipinski definition) is 2. The first-order chi connectivity index (χ1) is 19.0. The molecule has 0 aliphatic heterocycles. The highest BCUT2D eigenvalue weighted by Gasteiger charge is 2.10. The fourth-order valence-corrected chi connectivity index (χ4v) is 4.18. The predicted molar refractivity (Wildman–Crippen MR) is 150 cm³/mol. The molecule has 4 aromatic heterocycles. The summed E-state index contributed by atoms with van der Waals surface area (Å²) in [5, 5.41) is 11.3. The number of nitrogens with zero attached hydrogens (tertiary/aromatic N) is 6. The van der Waals surface area contributed by atoms with E-state index in [-0.39, 0.29) is 5.91 Å². The van der Waals surface area contributed by atoms with Gasteiger partial charge in [-0.1, -0.05) is 0 Å². The molecule has 0 radical (unpaired) electrons. The number of carbonyl (C=O) groups excluding carboxylic acids is 1. The summed E-state index contributed by atoms with van der Waals surface area (Å²) in [6, 6.07) is 17.0. The van der Waals surface area contributed by atoms with Gasteiger partial charge in [-0.3, -0.25) is 4.79 Å². The lowest BCUT2D eigenvalue weighted by Gasteiger charge is -2.13. The van der Waals surface area contributed by atoms with Crippen LogP contribution in [0.1, 0.15) is 11.3 Å². The van der Waals surface area contributed by atoms with Crippen LogP contribution in [0.15, 0.2) is 91.8 Å². The van der Waals surface area contributed by atoms with E-state index in [0.717, 1.165) is 33.5 Å². The molecule has 2 aromatic carbocycles. The van der Waals surface area contributed by atoms with Crippen LogP contribution in [0.3, 0.4) is 0 Å². The number of carbonyl (C=O) groups is 1. The van der Waals surface area contributed by atoms with Crippen molar-refractivity contribution in [3.8, 4) is 11.5 Å². The van der Waals surface area contributed by atoms with Gasteiger partial charge in [-0.25, -0.2) is 19.5 Å². The molecule has 0 aliphatic rings. The molecule has 4 heterocycles. The number of fused-ring (bicyclic) bond motifs is 2. The largest absolute Gasteiger partial charge is 0.454 e. The molecule has 0 fully saturated rings. The Labute approximate surface area is 223 Å². The van der Waals surface area contributed by atoms with E-state index in [1.165, 1.54) is 12.4 Å². The maximum Gasteiger partial charge on any atom is 0.248 e. The molecular weight excluding hydrogens is 492 g/mol. The summed E-state index contributed by atoms with van der Waals surface area (Å²) in [5.74, 6) is 1.69. The third-order valence-electron chi connectivity index (χ3n) is 6.18. The molecule has 6 rings (SSSR count). The molecular formula is C29H24N8O2. The number of anilines is 3. The zero-order chi connectivity index (χ0) is 26.8. The van der Waals surface area contributed by atoms with Crippen LogP contribution >= 0.6 is 0 Å². The number of aryl methyl sites for hydroxylation is 2. The van der Waals surface area contributed by atoms with Crippen LogP contribution in [-0.2, 0) is 11.8 Å². The summed E-state index contributed by atoms with van der Waals surface area (Å²) in [6.07, 6.45) is 11.9. The van der Waals surface area contributed by atoms with Crippen molar-refractivity contribution in [2.24, 2.45) is 7.05 Å². The molecule has 10 nitrogen and oxygen atoms in total. The zero-order valence-electron chi connectivity index (χ0n) is 21.2. The summed E-state index contributed by atoms with van der Waals surface area (Å²) in [5.41, 5.74) is 4.85. The van der Waals surface area contributed by atoms with Crippen LogP contribution in [-0.4, -0.2) is 35.0 Å². The van der Waals surface area contributed by atoms with Gasteiger partial charge in [0.05, 0.1) is 24.1 Å². The van der Waals surface area contributed by atoms with E-state index in [4.69, 9.17) is 4.74 Å². The van der Waals surface area contributed by atoms with Gasteiger partial charge in [0.25, 0.3) is 0 Å². The highest BCUT2D eigenvalue weighted by molar-refractivity contribution is 6.03. The van der Waals surface area contributed by atoms with Crippen molar-refractivity contribution >= 4 is 45.7 Å². The number of nitrogens with one attached hydrogen (secondary N) is 2. The van der Waals surface area contributed by atoms with Crippen LogP contribution in [0.2, 0.25) is 0 Å². The Morgan fingerprint density at radius 1 is 1.03 bits per heavy atom. The third-order valence-corrected chi connectivity index (χ3v) is 6.18. The smallest absolute Gasteiger partial charge is 0.248 e. The van der Waals surface area contributed by atoms with E-state index >= 15 is 0 Å². The summed E-state index contributed by atoms with van der Waals surface area (Å²) in [7, 11) is 1.93. The lowest BCUT2D eigenvalue weighted by atomic mass is 10.1. The van der Waals surface area contributed by atoms with Gasteiger partial charge in [0, 0.05) is 47.8 Å². The van der Waals surface area contributed by atoms with E-state index in [9.17, 15) is 4.79 Å². The van der Waals surface area contributed by atoms with Gasteiger partial charge < -0.3 is 19.9 Å². The van der Waals surface area contributed by atoms with Gasteiger partial charge in [0.2, 0.25) is 5.91 Å². The lowest BCUT2D eigenvalue weighted by molar-refractivity contribution is -0.111. The monoisotopic (exact) mass is 516 g/mol. The minimum Gasteiger partial charge on any atom is -0.454 e. The molecule has 192 valence electrons. The van der Waals surface area contributed by atoms with E-state index < -0.39 is 0 Å². The SMILES string of the molecule is Cc1cc(Nc2ncnc3ccc(NC(=O)/C=C/c4cccn4C)cc23)ccc1Oc1cnc2ccnn2c1. The number of benzene rings is 2. The Kier molecular flexibility index (Phi) is 6.18. The van der Waals surface area contributed by atoms with E-state index in [0.29, 0.717) is 23.0 Å². The van der Waals surface area contributed by atoms with E-state index in [1.54, 1.807) is 29.2 Å².